The van der Waals surface area contributed by atoms with Gasteiger partial charge in [0.2, 0.25) is 0 Å². The summed E-state index contributed by atoms with van der Waals surface area (Å²) in [5, 5.41) is 0. The fraction of sp³-hybridized carbons (Fsp3) is 0. The van der Waals surface area contributed by atoms with E-state index in [1.807, 2.05) is 24.3 Å². The Balaban J connectivity index is 0.000000140. The minimum atomic E-state index is 0.819. The predicted molar refractivity (Wildman–Crippen MR) is 57.6 cm³/mol. The molecule has 0 N–H and O–H groups in total. The molecule has 0 unspecified atom stereocenters. The standard InChI is InChI=1S/2C6H6O/c2*1-2-6-4-3-5-7-6/h2*2-5H,1H2. The molecule has 0 aromatic carbocycles. The summed E-state index contributed by atoms with van der Waals surface area (Å²) in [7, 11) is 0. The van der Waals surface area contributed by atoms with Gasteiger partial charge in [-0.15, -0.1) is 0 Å². The largest absolute Gasteiger partial charge is 0.465 e. The summed E-state index contributed by atoms with van der Waals surface area (Å²) < 4.78 is 9.73. The van der Waals surface area contributed by atoms with Gasteiger partial charge in [0, 0.05) is 0 Å². The summed E-state index contributed by atoms with van der Waals surface area (Å²) in [4.78, 5) is 0. The number of hydrogen-bond donors (Lipinski definition) is 0. The topological polar surface area (TPSA) is 26.3 Å². The summed E-state index contributed by atoms with van der Waals surface area (Å²) >= 11 is 0. The maximum absolute atomic E-state index is 4.86. The number of furan rings is 2. The second-order valence-electron chi connectivity index (χ2n) is 2.44. The van der Waals surface area contributed by atoms with Crippen LogP contribution in [-0.4, -0.2) is 0 Å². The van der Waals surface area contributed by atoms with Crippen molar-refractivity contribution in [3.63, 3.8) is 0 Å². The molecule has 0 atom stereocenters. The van der Waals surface area contributed by atoms with Crippen LogP contribution in [0.2, 0.25) is 0 Å². The highest BCUT2D eigenvalue weighted by molar-refractivity contribution is 5.38. The molecular weight excluding hydrogens is 176 g/mol. The van der Waals surface area contributed by atoms with Gasteiger partial charge in [-0.3, -0.25) is 0 Å². The van der Waals surface area contributed by atoms with Crippen molar-refractivity contribution in [1.29, 1.82) is 0 Å². The van der Waals surface area contributed by atoms with Crippen LogP contribution in [0.15, 0.2) is 58.8 Å². The summed E-state index contributed by atoms with van der Waals surface area (Å²) in [5.74, 6) is 1.64. The van der Waals surface area contributed by atoms with Gasteiger partial charge in [-0.25, -0.2) is 0 Å². The van der Waals surface area contributed by atoms with Gasteiger partial charge < -0.3 is 8.83 Å². The number of hydrogen-bond acceptors (Lipinski definition) is 2. The van der Waals surface area contributed by atoms with Crippen LogP contribution in [0.3, 0.4) is 0 Å². The molecule has 0 fully saturated rings. The van der Waals surface area contributed by atoms with Gasteiger partial charge in [0.15, 0.2) is 0 Å². The molecule has 2 heterocycles. The van der Waals surface area contributed by atoms with Crippen molar-refractivity contribution < 1.29 is 8.83 Å². The second kappa shape index (κ2) is 5.65. The minimum absolute atomic E-state index is 0.819. The van der Waals surface area contributed by atoms with Gasteiger partial charge in [0.05, 0.1) is 12.5 Å². The summed E-state index contributed by atoms with van der Waals surface area (Å²) in [6, 6.07) is 7.37. The highest BCUT2D eigenvalue weighted by Crippen LogP contribution is 1.99. The zero-order chi connectivity index (χ0) is 10.2. The van der Waals surface area contributed by atoms with Gasteiger partial charge in [0.1, 0.15) is 11.5 Å². The van der Waals surface area contributed by atoms with E-state index in [1.54, 1.807) is 24.7 Å². The highest BCUT2D eigenvalue weighted by Gasteiger charge is 1.80. The van der Waals surface area contributed by atoms with Crippen LogP contribution in [0.25, 0.3) is 12.2 Å². The van der Waals surface area contributed by atoms with Crippen molar-refractivity contribution in [2.75, 3.05) is 0 Å². The quantitative estimate of drug-likeness (QED) is 0.715. The average molecular weight is 188 g/mol. The Morgan fingerprint density at radius 1 is 0.857 bits per heavy atom. The zero-order valence-corrected chi connectivity index (χ0v) is 7.85. The molecule has 0 bridgehead atoms. The van der Waals surface area contributed by atoms with E-state index in [0.717, 1.165) is 11.5 Å². The van der Waals surface area contributed by atoms with Crippen LogP contribution in [0.5, 0.6) is 0 Å². The van der Waals surface area contributed by atoms with E-state index in [4.69, 9.17) is 8.83 Å². The molecule has 2 aromatic heterocycles. The van der Waals surface area contributed by atoms with Crippen LogP contribution in [0, 0.1) is 0 Å². The van der Waals surface area contributed by atoms with E-state index in [0.29, 0.717) is 0 Å². The average Bonchev–Trinajstić information content (AvgIpc) is 2.92. The third-order valence-electron chi connectivity index (χ3n) is 1.49. The Morgan fingerprint density at radius 3 is 1.43 bits per heavy atom. The van der Waals surface area contributed by atoms with Gasteiger partial charge >= 0.3 is 0 Å². The lowest BCUT2D eigenvalue weighted by Gasteiger charge is -1.73. The highest BCUT2D eigenvalue weighted by atomic mass is 16.3. The Bertz CT molecular complexity index is 317. The lowest BCUT2D eigenvalue weighted by atomic mass is 10.5. The lowest BCUT2D eigenvalue weighted by Crippen LogP contribution is -1.50. The molecule has 72 valence electrons. The molecular formula is C12H12O2. The first-order valence-electron chi connectivity index (χ1n) is 4.18. The Morgan fingerprint density at radius 2 is 1.29 bits per heavy atom. The molecule has 0 aliphatic carbocycles. The van der Waals surface area contributed by atoms with Crippen molar-refractivity contribution in [3.05, 3.63) is 61.5 Å². The van der Waals surface area contributed by atoms with Crippen LogP contribution >= 0.6 is 0 Å². The lowest BCUT2D eigenvalue weighted by molar-refractivity contribution is 0.557. The molecule has 2 heteroatoms. The van der Waals surface area contributed by atoms with Gasteiger partial charge in [-0.2, -0.15) is 0 Å². The molecule has 2 nitrogen and oxygen atoms in total. The molecule has 0 saturated heterocycles. The SMILES string of the molecule is C=Cc1ccco1.C=Cc1ccco1. The first-order valence-corrected chi connectivity index (χ1v) is 4.18. The molecule has 0 aliphatic rings. The van der Waals surface area contributed by atoms with Crippen molar-refractivity contribution >= 4 is 12.2 Å². The van der Waals surface area contributed by atoms with E-state index in [-0.39, 0.29) is 0 Å². The third-order valence-corrected chi connectivity index (χ3v) is 1.49. The smallest absolute Gasteiger partial charge is 0.126 e. The maximum Gasteiger partial charge on any atom is 0.126 e. The molecule has 14 heavy (non-hydrogen) atoms. The molecule has 0 radical (unpaired) electrons. The summed E-state index contributed by atoms with van der Waals surface area (Å²) in [6.07, 6.45) is 6.58. The molecule has 0 saturated carbocycles. The van der Waals surface area contributed by atoms with E-state index >= 15 is 0 Å². The molecule has 0 amide bonds. The molecule has 2 rings (SSSR count). The summed E-state index contributed by atoms with van der Waals surface area (Å²) in [5.41, 5.74) is 0. The summed E-state index contributed by atoms with van der Waals surface area (Å²) in [6.45, 7) is 7.02. The Labute approximate surface area is 83.2 Å². The molecule has 0 spiro atoms. The van der Waals surface area contributed by atoms with Crippen molar-refractivity contribution in [3.8, 4) is 0 Å². The van der Waals surface area contributed by atoms with Crippen LogP contribution in [0.4, 0.5) is 0 Å². The second-order valence-corrected chi connectivity index (χ2v) is 2.44. The van der Waals surface area contributed by atoms with Crippen molar-refractivity contribution in [2.24, 2.45) is 0 Å². The zero-order valence-electron chi connectivity index (χ0n) is 7.85. The Hall–Kier alpha value is -1.96. The van der Waals surface area contributed by atoms with Crippen molar-refractivity contribution in [2.45, 2.75) is 0 Å². The fourth-order valence-electron chi connectivity index (χ4n) is 0.815. The molecule has 0 aliphatic heterocycles. The van der Waals surface area contributed by atoms with Crippen LogP contribution < -0.4 is 0 Å². The predicted octanol–water partition coefficient (Wildman–Crippen LogP) is 3.85. The Kier molecular flexibility index (Phi) is 4.08. The molecule has 2 aromatic rings. The van der Waals surface area contributed by atoms with Crippen molar-refractivity contribution in [1.82, 2.24) is 0 Å². The first kappa shape index (κ1) is 10.1. The van der Waals surface area contributed by atoms with E-state index in [1.165, 1.54) is 0 Å². The minimum Gasteiger partial charge on any atom is -0.465 e. The number of rotatable bonds is 2. The van der Waals surface area contributed by atoms with Gasteiger partial charge in [-0.1, -0.05) is 13.2 Å². The monoisotopic (exact) mass is 188 g/mol. The van der Waals surface area contributed by atoms with E-state index < -0.39 is 0 Å². The third kappa shape index (κ3) is 3.19. The van der Waals surface area contributed by atoms with Gasteiger partial charge in [-0.05, 0) is 36.4 Å². The van der Waals surface area contributed by atoms with Gasteiger partial charge in [0.25, 0.3) is 0 Å². The normalized spacial score (nSPS) is 8.57. The van der Waals surface area contributed by atoms with Crippen LogP contribution in [-0.2, 0) is 0 Å². The van der Waals surface area contributed by atoms with Crippen LogP contribution in [0.1, 0.15) is 11.5 Å². The van der Waals surface area contributed by atoms with E-state index in [2.05, 4.69) is 13.2 Å². The maximum atomic E-state index is 4.86. The fourth-order valence-corrected chi connectivity index (χ4v) is 0.815. The first-order chi connectivity index (χ1) is 6.86. The van der Waals surface area contributed by atoms with E-state index in [9.17, 15) is 0 Å².